The molecule has 0 atom stereocenters. The van der Waals surface area contributed by atoms with Crippen LogP contribution in [0.1, 0.15) is 0 Å². The lowest BCUT2D eigenvalue weighted by Gasteiger charge is -2.11. The number of para-hydroxylation sites is 2. The molecule has 0 unspecified atom stereocenters. The van der Waals surface area contributed by atoms with Gasteiger partial charge in [0.05, 0.1) is 0 Å². The largest absolute Gasteiger partial charge is 0.455 e. The van der Waals surface area contributed by atoms with Crippen molar-refractivity contribution in [2.75, 3.05) is 0 Å². The molecule has 0 aliphatic carbocycles. The first-order valence-corrected chi connectivity index (χ1v) is 17.8. The van der Waals surface area contributed by atoms with Crippen LogP contribution in [0.3, 0.4) is 0 Å². The fraction of sp³-hybridized carbons (Fsp3) is 0. The summed E-state index contributed by atoms with van der Waals surface area (Å²) in [5.41, 5.74) is 11.3. The highest BCUT2D eigenvalue weighted by molar-refractivity contribution is 6.09. The van der Waals surface area contributed by atoms with E-state index in [1.165, 1.54) is 21.9 Å². The normalized spacial score (nSPS) is 11.4. The minimum atomic E-state index is 0.615. The second-order valence-corrected chi connectivity index (χ2v) is 13.2. The van der Waals surface area contributed by atoms with Crippen molar-refractivity contribution < 1.29 is 4.42 Å². The molecular formula is C49H31N3O. The number of hydrogen-bond acceptors (Lipinski definition) is 4. The van der Waals surface area contributed by atoms with E-state index in [1.54, 1.807) is 0 Å². The van der Waals surface area contributed by atoms with Crippen LogP contribution in [0.15, 0.2) is 192 Å². The lowest BCUT2D eigenvalue weighted by Crippen LogP contribution is -2.00. The zero-order valence-electron chi connectivity index (χ0n) is 28.6. The molecule has 0 radical (unpaired) electrons. The number of hydrogen-bond donors (Lipinski definition) is 0. The van der Waals surface area contributed by atoms with Crippen LogP contribution < -0.4 is 0 Å². The maximum atomic E-state index is 6.34. The van der Waals surface area contributed by atoms with Gasteiger partial charge < -0.3 is 4.42 Å². The molecule has 4 nitrogen and oxygen atoms in total. The highest BCUT2D eigenvalue weighted by atomic mass is 16.3. The number of furan rings is 1. The summed E-state index contributed by atoms with van der Waals surface area (Å²) in [5.74, 6) is 1.86. The third-order valence-corrected chi connectivity index (χ3v) is 9.99. The predicted molar refractivity (Wildman–Crippen MR) is 217 cm³/mol. The summed E-state index contributed by atoms with van der Waals surface area (Å²) in [4.78, 5) is 15.1. The summed E-state index contributed by atoms with van der Waals surface area (Å²) >= 11 is 0. The molecule has 248 valence electrons. The van der Waals surface area contributed by atoms with Crippen molar-refractivity contribution in [1.29, 1.82) is 0 Å². The summed E-state index contributed by atoms with van der Waals surface area (Å²) in [6.07, 6.45) is 0. The first-order chi connectivity index (χ1) is 26.2. The molecule has 2 aromatic heterocycles. The molecule has 0 amide bonds. The van der Waals surface area contributed by atoms with E-state index in [0.29, 0.717) is 17.5 Å². The molecule has 0 saturated heterocycles. The Hall–Kier alpha value is -7.17. The van der Waals surface area contributed by atoms with Crippen LogP contribution in [0.4, 0.5) is 0 Å². The van der Waals surface area contributed by atoms with Gasteiger partial charge in [-0.3, -0.25) is 0 Å². The summed E-state index contributed by atoms with van der Waals surface area (Å²) in [6.45, 7) is 0. The van der Waals surface area contributed by atoms with Crippen molar-refractivity contribution in [2.24, 2.45) is 0 Å². The molecule has 0 fully saturated rings. The topological polar surface area (TPSA) is 51.8 Å². The lowest BCUT2D eigenvalue weighted by molar-refractivity contribution is 0.670. The molecule has 0 saturated carbocycles. The first kappa shape index (κ1) is 30.6. The average molecular weight is 678 g/mol. The second-order valence-electron chi connectivity index (χ2n) is 13.2. The van der Waals surface area contributed by atoms with Gasteiger partial charge in [0.25, 0.3) is 0 Å². The molecule has 0 aliphatic heterocycles. The second kappa shape index (κ2) is 12.9. The van der Waals surface area contributed by atoms with Crippen LogP contribution in [-0.4, -0.2) is 15.0 Å². The SMILES string of the molecule is c1ccc(-c2ccc(-c3nc(-c4ccc(-c5cccc6ccccc56)cc4)nc(-c4ccc(-c5cccc6c5oc5ccccc56)cc4)n3)cc2)cc1. The number of nitrogens with zero attached hydrogens (tertiary/aromatic N) is 3. The Morgan fingerprint density at radius 2 is 0.717 bits per heavy atom. The molecular weight excluding hydrogens is 647 g/mol. The number of fused-ring (bicyclic) bond motifs is 4. The minimum Gasteiger partial charge on any atom is -0.455 e. The van der Waals surface area contributed by atoms with E-state index in [1.807, 2.05) is 24.3 Å². The highest BCUT2D eigenvalue weighted by Crippen LogP contribution is 2.37. The van der Waals surface area contributed by atoms with Crippen molar-refractivity contribution >= 4 is 32.7 Å². The van der Waals surface area contributed by atoms with Gasteiger partial charge in [0.1, 0.15) is 11.2 Å². The van der Waals surface area contributed by atoms with E-state index in [4.69, 9.17) is 19.4 Å². The summed E-state index contributed by atoms with van der Waals surface area (Å²) in [6, 6.07) is 65.2. The lowest BCUT2D eigenvalue weighted by atomic mass is 9.97. The van der Waals surface area contributed by atoms with Crippen LogP contribution in [0, 0.1) is 0 Å². The van der Waals surface area contributed by atoms with Crippen LogP contribution in [0.25, 0.3) is 100 Å². The number of benzene rings is 8. The van der Waals surface area contributed by atoms with Crippen molar-refractivity contribution in [3.8, 4) is 67.5 Å². The first-order valence-electron chi connectivity index (χ1n) is 17.8. The molecule has 8 aromatic carbocycles. The van der Waals surface area contributed by atoms with E-state index in [-0.39, 0.29) is 0 Å². The van der Waals surface area contributed by atoms with E-state index in [0.717, 1.165) is 60.9 Å². The molecule has 4 heteroatoms. The summed E-state index contributed by atoms with van der Waals surface area (Å²) in [7, 11) is 0. The molecule has 53 heavy (non-hydrogen) atoms. The van der Waals surface area contributed by atoms with Crippen molar-refractivity contribution in [2.45, 2.75) is 0 Å². The van der Waals surface area contributed by atoms with Crippen LogP contribution in [0.5, 0.6) is 0 Å². The van der Waals surface area contributed by atoms with Gasteiger partial charge in [0.2, 0.25) is 0 Å². The Kier molecular flexibility index (Phi) is 7.43. The molecule has 0 spiro atoms. The average Bonchev–Trinajstić information content (AvgIpc) is 3.63. The van der Waals surface area contributed by atoms with Crippen LogP contribution in [-0.2, 0) is 0 Å². The molecule has 0 N–H and O–H groups in total. The Morgan fingerprint density at radius 1 is 0.283 bits per heavy atom. The molecule has 0 aliphatic rings. The molecule has 0 bridgehead atoms. The predicted octanol–water partition coefficient (Wildman–Crippen LogP) is 12.9. The third kappa shape index (κ3) is 5.63. The quantitative estimate of drug-likeness (QED) is 0.176. The van der Waals surface area contributed by atoms with Gasteiger partial charge >= 0.3 is 0 Å². The zero-order valence-corrected chi connectivity index (χ0v) is 28.6. The molecule has 10 rings (SSSR count). The maximum absolute atomic E-state index is 6.34. The number of aromatic nitrogens is 3. The van der Waals surface area contributed by atoms with Gasteiger partial charge in [-0.25, -0.2) is 15.0 Å². The monoisotopic (exact) mass is 677 g/mol. The van der Waals surface area contributed by atoms with Gasteiger partial charge in [-0.15, -0.1) is 0 Å². The Balaban J connectivity index is 1.05. The molecule has 2 heterocycles. The maximum Gasteiger partial charge on any atom is 0.164 e. The van der Waals surface area contributed by atoms with E-state index in [2.05, 4.69) is 164 Å². The highest BCUT2D eigenvalue weighted by Gasteiger charge is 2.15. The van der Waals surface area contributed by atoms with E-state index < -0.39 is 0 Å². The van der Waals surface area contributed by atoms with Gasteiger partial charge in [-0.05, 0) is 44.7 Å². The van der Waals surface area contributed by atoms with Crippen LogP contribution in [0.2, 0.25) is 0 Å². The Labute approximate surface area is 306 Å². The van der Waals surface area contributed by atoms with Gasteiger partial charge in [0, 0.05) is 33.0 Å². The Bertz CT molecular complexity index is 2910. The zero-order chi connectivity index (χ0) is 35.1. The van der Waals surface area contributed by atoms with Crippen LogP contribution >= 0.6 is 0 Å². The van der Waals surface area contributed by atoms with Gasteiger partial charge in [-0.1, -0.05) is 182 Å². The number of rotatable bonds is 6. The standard InChI is InChI=1S/C49H31N3O/c1-2-10-32(11-3-1)33-20-26-37(27-21-33)47-50-48(38-28-22-35(23-29-38)41-16-8-13-34-12-4-5-14-40(34)41)52-49(51-47)39-30-24-36(25-31-39)42-17-9-18-44-43-15-6-7-19-45(43)53-46(42)44/h1-31H. The fourth-order valence-electron chi connectivity index (χ4n) is 7.25. The van der Waals surface area contributed by atoms with Crippen molar-refractivity contribution in [3.05, 3.63) is 188 Å². The Morgan fingerprint density at radius 3 is 1.38 bits per heavy atom. The van der Waals surface area contributed by atoms with E-state index in [9.17, 15) is 0 Å². The molecule has 10 aromatic rings. The smallest absolute Gasteiger partial charge is 0.164 e. The summed E-state index contributed by atoms with van der Waals surface area (Å²) in [5, 5.41) is 4.68. The third-order valence-electron chi connectivity index (χ3n) is 9.99. The van der Waals surface area contributed by atoms with Crippen molar-refractivity contribution in [1.82, 2.24) is 15.0 Å². The van der Waals surface area contributed by atoms with Gasteiger partial charge in [-0.2, -0.15) is 0 Å². The summed E-state index contributed by atoms with van der Waals surface area (Å²) < 4.78 is 6.34. The van der Waals surface area contributed by atoms with Gasteiger partial charge in [0.15, 0.2) is 17.5 Å². The van der Waals surface area contributed by atoms with Crippen molar-refractivity contribution in [3.63, 3.8) is 0 Å². The van der Waals surface area contributed by atoms with E-state index >= 15 is 0 Å². The minimum absolute atomic E-state index is 0.615. The fourth-order valence-corrected chi connectivity index (χ4v) is 7.25.